The highest BCUT2D eigenvalue weighted by atomic mass is 14.8. The van der Waals surface area contributed by atoms with Crippen molar-refractivity contribution in [2.75, 3.05) is 13.1 Å². The van der Waals surface area contributed by atoms with Gasteiger partial charge in [0.05, 0.1) is 0 Å². The molecule has 94 valence electrons. The van der Waals surface area contributed by atoms with Gasteiger partial charge in [-0.15, -0.1) is 0 Å². The maximum atomic E-state index is 3.42. The first kappa shape index (κ1) is 14.0. The molecule has 1 N–H and O–H groups in total. The Kier molecular flexibility index (Phi) is 5.99. The summed E-state index contributed by atoms with van der Waals surface area (Å²) in [4.78, 5) is 0. The van der Waals surface area contributed by atoms with Gasteiger partial charge >= 0.3 is 0 Å². The SMILES string of the molecule is CCCNCCC=C(C)c1cccc(C)c1C. The number of hydrogen-bond acceptors (Lipinski definition) is 1. The molecular formula is C16H25N. The summed E-state index contributed by atoms with van der Waals surface area (Å²) in [6, 6.07) is 6.53. The summed E-state index contributed by atoms with van der Waals surface area (Å²) in [7, 11) is 0. The van der Waals surface area contributed by atoms with E-state index >= 15 is 0 Å². The number of aryl methyl sites for hydroxylation is 1. The average Bonchev–Trinajstić information content (AvgIpc) is 2.32. The third kappa shape index (κ3) is 4.35. The largest absolute Gasteiger partial charge is 0.316 e. The number of allylic oxidation sites excluding steroid dienone is 1. The molecule has 1 aromatic rings. The Morgan fingerprint density at radius 2 is 2.00 bits per heavy atom. The van der Waals surface area contributed by atoms with E-state index in [0.29, 0.717) is 0 Å². The molecular weight excluding hydrogens is 206 g/mol. The Morgan fingerprint density at radius 3 is 2.71 bits per heavy atom. The lowest BCUT2D eigenvalue weighted by atomic mass is 9.97. The van der Waals surface area contributed by atoms with Gasteiger partial charge in [0.15, 0.2) is 0 Å². The molecule has 0 saturated heterocycles. The number of hydrogen-bond donors (Lipinski definition) is 1. The van der Waals surface area contributed by atoms with E-state index in [1.165, 1.54) is 28.7 Å². The van der Waals surface area contributed by atoms with Crippen molar-refractivity contribution in [2.24, 2.45) is 0 Å². The molecule has 0 radical (unpaired) electrons. The van der Waals surface area contributed by atoms with Crippen LogP contribution >= 0.6 is 0 Å². The van der Waals surface area contributed by atoms with Crippen LogP contribution in [0, 0.1) is 13.8 Å². The van der Waals surface area contributed by atoms with E-state index in [1.807, 2.05) is 0 Å². The van der Waals surface area contributed by atoms with Crippen molar-refractivity contribution < 1.29 is 0 Å². The van der Waals surface area contributed by atoms with Crippen molar-refractivity contribution in [3.8, 4) is 0 Å². The van der Waals surface area contributed by atoms with E-state index in [2.05, 4.69) is 57.3 Å². The number of nitrogens with one attached hydrogen (secondary N) is 1. The molecule has 0 heterocycles. The minimum atomic E-state index is 1.08. The zero-order chi connectivity index (χ0) is 12.7. The summed E-state index contributed by atoms with van der Waals surface area (Å²) < 4.78 is 0. The Balaban J connectivity index is 2.59. The molecule has 0 aliphatic heterocycles. The molecule has 1 aromatic carbocycles. The maximum absolute atomic E-state index is 3.42. The molecule has 17 heavy (non-hydrogen) atoms. The molecule has 0 atom stereocenters. The van der Waals surface area contributed by atoms with E-state index in [1.54, 1.807) is 0 Å². The van der Waals surface area contributed by atoms with Gasteiger partial charge < -0.3 is 5.32 Å². The zero-order valence-corrected chi connectivity index (χ0v) is 11.6. The quantitative estimate of drug-likeness (QED) is 0.727. The molecule has 0 spiro atoms. The lowest BCUT2D eigenvalue weighted by molar-refractivity contribution is 0.678. The second kappa shape index (κ2) is 7.29. The van der Waals surface area contributed by atoms with Gasteiger partial charge in [0.25, 0.3) is 0 Å². The third-order valence-corrected chi connectivity index (χ3v) is 3.23. The van der Waals surface area contributed by atoms with Gasteiger partial charge in [-0.2, -0.15) is 0 Å². The van der Waals surface area contributed by atoms with Crippen LogP contribution in [0.4, 0.5) is 0 Å². The van der Waals surface area contributed by atoms with Crippen molar-refractivity contribution >= 4 is 5.57 Å². The van der Waals surface area contributed by atoms with Crippen molar-refractivity contribution in [2.45, 2.75) is 40.5 Å². The second-order valence-electron chi connectivity index (χ2n) is 4.67. The molecule has 0 aliphatic carbocycles. The van der Waals surface area contributed by atoms with Gasteiger partial charge in [-0.25, -0.2) is 0 Å². The normalized spacial score (nSPS) is 11.9. The van der Waals surface area contributed by atoms with Gasteiger partial charge in [0.2, 0.25) is 0 Å². The molecule has 1 rings (SSSR count). The maximum Gasteiger partial charge on any atom is -0.00141 e. The second-order valence-corrected chi connectivity index (χ2v) is 4.67. The van der Waals surface area contributed by atoms with Gasteiger partial charge in [0.1, 0.15) is 0 Å². The van der Waals surface area contributed by atoms with Gasteiger partial charge in [-0.1, -0.05) is 31.2 Å². The molecule has 0 fully saturated rings. The average molecular weight is 231 g/mol. The molecule has 0 amide bonds. The lowest BCUT2D eigenvalue weighted by Gasteiger charge is -2.09. The molecule has 0 bridgehead atoms. The number of benzene rings is 1. The lowest BCUT2D eigenvalue weighted by Crippen LogP contribution is -2.15. The van der Waals surface area contributed by atoms with Gasteiger partial charge in [-0.3, -0.25) is 0 Å². The molecule has 0 saturated carbocycles. The Bertz CT molecular complexity index is 377. The fraction of sp³-hybridized carbons (Fsp3) is 0.500. The Labute approximate surface area is 106 Å². The first-order chi connectivity index (χ1) is 8.16. The Morgan fingerprint density at radius 1 is 1.24 bits per heavy atom. The van der Waals surface area contributed by atoms with E-state index in [0.717, 1.165) is 19.5 Å². The molecule has 1 nitrogen and oxygen atoms in total. The highest BCUT2D eigenvalue weighted by Crippen LogP contribution is 2.21. The van der Waals surface area contributed by atoms with Gasteiger partial charge in [-0.05, 0) is 69.0 Å². The fourth-order valence-electron chi connectivity index (χ4n) is 1.98. The minimum Gasteiger partial charge on any atom is -0.316 e. The first-order valence-electron chi connectivity index (χ1n) is 6.61. The van der Waals surface area contributed by atoms with Crippen molar-refractivity contribution in [3.05, 3.63) is 41.0 Å². The van der Waals surface area contributed by atoms with Crippen LogP contribution in [0.15, 0.2) is 24.3 Å². The number of rotatable bonds is 6. The fourth-order valence-corrected chi connectivity index (χ4v) is 1.98. The van der Waals surface area contributed by atoms with E-state index in [9.17, 15) is 0 Å². The van der Waals surface area contributed by atoms with Crippen LogP contribution in [0.25, 0.3) is 5.57 Å². The van der Waals surface area contributed by atoms with Crippen LogP contribution in [-0.2, 0) is 0 Å². The van der Waals surface area contributed by atoms with Crippen LogP contribution in [0.1, 0.15) is 43.4 Å². The topological polar surface area (TPSA) is 12.0 Å². The predicted octanol–water partition coefficient (Wildman–Crippen LogP) is 4.10. The van der Waals surface area contributed by atoms with Crippen molar-refractivity contribution in [3.63, 3.8) is 0 Å². The van der Waals surface area contributed by atoms with Crippen LogP contribution in [-0.4, -0.2) is 13.1 Å². The van der Waals surface area contributed by atoms with Crippen molar-refractivity contribution in [1.82, 2.24) is 5.32 Å². The van der Waals surface area contributed by atoms with Crippen LogP contribution < -0.4 is 5.32 Å². The monoisotopic (exact) mass is 231 g/mol. The summed E-state index contributed by atoms with van der Waals surface area (Å²) in [5, 5.41) is 3.42. The summed E-state index contributed by atoms with van der Waals surface area (Å²) in [5.41, 5.74) is 5.56. The van der Waals surface area contributed by atoms with Crippen molar-refractivity contribution in [1.29, 1.82) is 0 Å². The van der Waals surface area contributed by atoms with E-state index in [-0.39, 0.29) is 0 Å². The molecule has 1 heteroatoms. The highest BCUT2D eigenvalue weighted by Gasteiger charge is 2.01. The highest BCUT2D eigenvalue weighted by molar-refractivity contribution is 5.67. The minimum absolute atomic E-state index is 1.08. The summed E-state index contributed by atoms with van der Waals surface area (Å²) >= 11 is 0. The first-order valence-corrected chi connectivity index (χ1v) is 6.61. The van der Waals surface area contributed by atoms with E-state index in [4.69, 9.17) is 0 Å². The zero-order valence-electron chi connectivity index (χ0n) is 11.6. The smallest absolute Gasteiger partial charge is 0.00141 e. The predicted molar refractivity (Wildman–Crippen MR) is 77.3 cm³/mol. The van der Waals surface area contributed by atoms with Crippen LogP contribution in [0.2, 0.25) is 0 Å². The molecule has 0 unspecified atom stereocenters. The van der Waals surface area contributed by atoms with Crippen LogP contribution in [0.5, 0.6) is 0 Å². The Hall–Kier alpha value is -1.08. The molecule has 0 aliphatic rings. The summed E-state index contributed by atoms with van der Waals surface area (Å²) in [6.07, 6.45) is 4.66. The third-order valence-electron chi connectivity index (χ3n) is 3.23. The summed E-state index contributed by atoms with van der Waals surface area (Å²) in [5.74, 6) is 0. The van der Waals surface area contributed by atoms with Crippen LogP contribution in [0.3, 0.4) is 0 Å². The summed E-state index contributed by atoms with van der Waals surface area (Å²) in [6.45, 7) is 11.0. The van der Waals surface area contributed by atoms with Gasteiger partial charge in [0, 0.05) is 0 Å². The standard InChI is InChI=1S/C16H25N/c1-5-11-17-12-7-9-14(3)16-10-6-8-13(2)15(16)4/h6,8-10,17H,5,7,11-12H2,1-4H3. The van der Waals surface area contributed by atoms with E-state index < -0.39 is 0 Å². The molecule has 0 aromatic heterocycles.